The molecule has 2 heterocycles. The molecule has 0 aliphatic heterocycles. The molecule has 1 fully saturated rings. The highest BCUT2D eigenvalue weighted by Gasteiger charge is 2.25. The number of fused-ring (bicyclic) bond motifs is 1. The van der Waals surface area contributed by atoms with Gasteiger partial charge in [0, 0.05) is 34.9 Å². The van der Waals surface area contributed by atoms with E-state index < -0.39 is 0 Å². The predicted molar refractivity (Wildman–Crippen MR) is 107 cm³/mol. The number of benzene rings is 1. The molecule has 4 rings (SSSR count). The van der Waals surface area contributed by atoms with Crippen LogP contribution in [0.5, 0.6) is 11.5 Å². The molecular weight excluding hydrogens is 354 g/mol. The van der Waals surface area contributed by atoms with Crippen molar-refractivity contribution in [3.05, 3.63) is 60.2 Å². The highest BCUT2D eigenvalue weighted by molar-refractivity contribution is 5.97. The van der Waals surface area contributed by atoms with Gasteiger partial charge in [-0.3, -0.25) is 14.8 Å². The Bertz CT molecular complexity index is 992. The van der Waals surface area contributed by atoms with E-state index in [2.05, 4.69) is 15.3 Å². The number of aryl methyl sites for hydroxylation is 1. The first-order chi connectivity index (χ1) is 13.6. The van der Waals surface area contributed by atoms with Crippen LogP contribution in [0.1, 0.15) is 41.7 Å². The number of pyridine rings is 2. The number of ether oxygens (including phenoxy) is 1. The molecule has 0 atom stereocenters. The van der Waals surface area contributed by atoms with Gasteiger partial charge in [0.05, 0.1) is 17.9 Å². The number of hydrogen-bond donors (Lipinski definition) is 2. The van der Waals surface area contributed by atoms with Gasteiger partial charge in [0.2, 0.25) is 0 Å². The van der Waals surface area contributed by atoms with Crippen molar-refractivity contribution in [1.29, 1.82) is 0 Å². The lowest BCUT2D eigenvalue weighted by Crippen LogP contribution is -2.39. The largest absolute Gasteiger partial charge is 0.505 e. The molecule has 0 saturated heterocycles. The second-order valence-corrected chi connectivity index (χ2v) is 7.26. The van der Waals surface area contributed by atoms with Gasteiger partial charge in [-0.05, 0) is 50.8 Å². The van der Waals surface area contributed by atoms with Crippen molar-refractivity contribution in [2.45, 2.75) is 44.8 Å². The molecule has 1 amide bonds. The average molecular weight is 377 g/mol. The fraction of sp³-hybridized carbons (Fsp3) is 0.318. The number of nitrogens with one attached hydrogen (secondary N) is 1. The lowest BCUT2D eigenvalue weighted by Gasteiger charge is -2.30. The maximum atomic E-state index is 12.5. The van der Waals surface area contributed by atoms with Gasteiger partial charge in [0.1, 0.15) is 11.5 Å². The van der Waals surface area contributed by atoms with Gasteiger partial charge in [0.25, 0.3) is 5.91 Å². The van der Waals surface area contributed by atoms with Crippen LogP contribution < -0.4 is 10.1 Å². The van der Waals surface area contributed by atoms with Crippen LogP contribution in [0.25, 0.3) is 10.8 Å². The Labute approximate surface area is 163 Å². The first kappa shape index (κ1) is 18.2. The molecule has 2 aromatic heterocycles. The van der Waals surface area contributed by atoms with Crippen LogP contribution in [-0.2, 0) is 0 Å². The molecule has 1 aliphatic rings. The smallest absolute Gasteiger partial charge is 0.255 e. The topological polar surface area (TPSA) is 84.3 Å². The molecule has 0 bridgehead atoms. The van der Waals surface area contributed by atoms with E-state index in [4.69, 9.17) is 4.74 Å². The van der Waals surface area contributed by atoms with E-state index in [0.717, 1.165) is 42.2 Å². The zero-order valence-corrected chi connectivity index (χ0v) is 15.8. The van der Waals surface area contributed by atoms with Gasteiger partial charge in [0.15, 0.2) is 0 Å². The summed E-state index contributed by atoms with van der Waals surface area (Å²) in [4.78, 5) is 20.6. The number of nitrogens with zero attached hydrogens (tertiary/aromatic N) is 2. The third-order valence-corrected chi connectivity index (χ3v) is 5.21. The van der Waals surface area contributed by atoms with Crippen molar-refractivity contribution < 1.29 is 14.6 Å². The summed E-state index contributed by atoms with van der Waals surface area (Å²) in [6.45, 7) is 1.79. The quantitative estimate of drug-likeness (QED) is 0.723. The van der Waals surface area contributed by atoms with Crippen molar-refractivity contribution >= 4 is 16.7 Å². The Kier molecular flexibility index (Phi) is 5.10. The highest BCUT2D eigenvalue weighted by atomic mass is 16.5. The van der Waals surface area contributed by atoms with Gasteiger partial charge in [-0.2, -0.15) is 0 Å². The minimum absolute atomic E-state index is 0.0805. The molecule has 2 N–H and O–H groups in total. The van der Waals surface area contributed by atoms with Crippen molar-refractivity contribution in [3.63, 3.8) is 0 Å². The number of rotatable bonds is 4. The Morgan fingerprint density at radius 2 is 2.00 bits per heavy atom. The lowest BCUT2D eigenvalue weighted by molar-refractivity contribution is 0.0892. The van der Waals surface area contributed by atoms with Gasteiger partial charge < -0.3 is 15.2 Å². The summed E-state index contributed by atoms with van der Waals surface area (Å²) < 4.78 is 6.25. The molecule has 0 spiro atoms. The standard InChI is InChI=1S/C22H23N3O3/c1-14-11-19(20(26)13-24-14)22(27)25-16-5-7-17(8-6-16)28-21-4-2-3-15-12-23-10-9-18(15)21/h2-4,9-13,16-17,26H,5-8H2,1H3,(H,25,27). The van der Waals surface area contributed by atoms with E-state index in [1.165, 1.54) is 6.20 Å². The van der Waals surface area contributed by atoms with E-state index in [0.29, 0.717) is 5.69 Å². The summed E-state index contributed by atoms with van der Waals surface area (Å²) in [5, 5.41) is 15.0. The van der Waals surface area contributed by atoms with Crippen molar-refractivity contribution in [3.8, 4) is 11.5 Å². The van der Waals surface area contributed by atoms with Crippen LogP contribution in [0.2, 0.25) is 0 Å². The third-order valence-electron chi connectivity index (χ3n) is 5.21. The van der Waals surface area contributed by atoms with Crippen molar-refractivity contribution in [2.75, 3.05) is 0 Å². The molecule has 1 aromatic carbocycles. The molecule has 1 saturated carbocycles. The first-order valence-electron chi connectivity index (χ1n) is 9.56. The SMILES string of the molecule is Cc1cc(C(=O)NC2CCC(Oc3cccc4cnccc34)CC2)c(O)cn1. The van der Waals surface area contributed by atoms with Crippen molar-refractivity contribution in [1.82, 2.24) is 15.3 Å². The number of aromatic hydroxyl groups is 1. The lowest BCUT2D eigenvalue weighted by atomic mass is 9.92. The second kappa shape index (κ2) is 7.84. The summed E-state index contributed by atoms with van der Waals surface area (Å²) in [6, 6.07) is 9.66. The maximum Gasteiger partial charge on any atom is 0.255 e. The van der Waals surface area contributed by atoms with E-state index in [-0.39, 0.29) is 29.4 Å². The molecule has 3 aromatic rings. The minimum Gasteiger partial charge on any atom is -0.505 e. The van der Waals surface area contributed by atoms with Crippen LogP contribution in [0, 0.1) is 6.92 Å². The van der Waals surface area contributed by atoms with Gasteiger partial charge in [-0.25, -0.2) is 0 Å². The van der Waals surface area contributed by atoms with Crippen LogP contribution in [-0.4, -0.2) is 33.1 Å². The van der Waals surface area contributed by atoms with Gasteiger partial charge >= 0.3 is 0 Å². The van der Waals surface area contributed by atoms with E-state index in [1.54, 1.807) is 19.2 Å². The zero-order chi connectivity index (χ0) is 19.5. The van der Waals surface area contributed by atoms with Crippen molar-refractivity contribution in [2.24, 2.45) is 0 Å². The highest BCUT2D eigenvalue weighted by Crippen LogP contribution is 2.29. The molecule has 6 nitrogen and oxygen atoms in total. The maximum absolute atomic E-state index is 12.5. The summed E-state index contributed by atoms with van der Waals surface area (Å²) in [5.74, 6) is 0.532. The van der Waals surface area contributed by atoms with E-state index in [1.807, 2.05) is 30.5 Å². The third kappa shape index (κ3) is 3.91. The number of amides is 1. The number of hydrogen-bond acceptors (Lipinski definition) is 5. The minimum atomic E-state index is -0.256. The Balaban J connectivity index is 1.36. The molecular formula is C22H23N3O3. The number of carbonyl (C=O) groups excluding carboxylic acids is 1. The molecule has 6 heteroatoms. The average Bonchev–Trinajstić information content (AvgIpc) is 2.71. The molecule has 0 unspecified atom stereocenters. The molecule has 144 valence electrons. The number of carbonyl (C=O) groups is 1. The Hall–Kier alpha value is -3.15. The van der Waals surface area contributed by atoms with Gasteiger partial charge in [-0.1, -0.05) is 12.1 Å². The zero-order valence-electron chi connectivity index (χ0n) is 15.8. The fourth-order valence-electron chi connectivity index (χ4n) is 3.70. The van der Waals surface area contributed by atoms with Crippen LogP contribution in [0.4, 0.5) is 0 Å². The first-order valence-corrected chi connectivity index (χ1v) is 9.56. The molecule has 28 heavy (non-hydrogen) atoms. The van der Waals surface area contributed by atoms with Gasteiger partial charge in [-0.15, -0.1) is 0 Å². The summed E-state index contributed by atoms with van der Waals surface area (Å²) in [6.07, 6.45) is 8.48. The van der Waals surface area contributed by atoms with Crippen LogP contribution in [0.15, 0.2) is 48.9 Å². The molecule has 0 radical (unpaired) electrons. The summed E-state index contributed by atoms with van der Waals surface area (Å²) in [7, 11) is 0. The van der Waals surface area contributed by atoms with Crippen LogP contribution >= 0.6 is 0 Å². The monoisotopic (exact) mass is 377 g/mol. The molecule has 1 aliphatic carbocycles. The summed E-state index contributed by atoms with van der Waals surface area (Å²) in [5.41, 5.74) is 0.973. The second-order valence-electron chi connectivity index (χ2n) is 7.26. The van der Waals surface area contributed by atoms with Crippen LogP contribution in [0.3, 0.4) is 0 Å². The number of aromatic nitrogens is 2. The Morgan fingerprint density at radius 1 is 1.18 bits per heavy atom. The Morgan fingerprint density at radius 3 is 2.82 bits per heavy atom. The van der Waals surface area contributed by atoms with E-state index >= 15 is 0 Å². The summed E-state index contributed by atoms with van der Waals surface area (Å²) >= 11 is 0. The predicted octanol–water partition coefficient (Wildman–Crippen LogP) is 3.76. The fourth-order valence-corrected chi connectivity index (χ4v) is 3.70. The normalized spacial score (nSPS) is 19.3. The van der Waals surface area contributed by atoms with E-state index in [9.17, 15) is 9.90 Å².